The van der Waals surface area contributed by atoms with Crippen molar-refractivity contribution in [2.75, 3.05) is 0 Å². The molecule has 0 fully saturated rings. The summed E-state index contributed by atoms with van der Waals surface area (Å²) in [6.45, 7) is 0. The number of hydrogen-bond donors (Lipinski definition) is 1. The van der Waals surface area contributed by atoms with Crippen LogP contribution in [0.15, 0.2) is 249 Å². The molecule has 0 bridgehead atoms. The van der Waals surface area contributed by atoms with Crippen LogP contribution < -0.4 is 0 Å². The maximum atomic E-state index is 9.10. The highest BCUT2D eigenvalue weighted by Crippen LogP contribution is 2.37. The molecule has 0 radical (unpaired) electrons. The predicted molar refractivity (Wildman–Crippen MR) is 261 cm³/mol. The highest BCUT2D eigenvalue weighted by Gasteiger charge is 2.14. The second-order valence-electron chi connectivity index (χ2n) is 15.5. The molecule has 0 unspecified atom stereocenters. The van der Waals surface area contributed by atoms with E-state index in [1.807, 2.05) is 54.6 Å². The van der Waals surface area contributed by atoms with E-state index in [1.54, 1.807) is 0 Å². The van der Waals surface area contributed by atoms with E-state index >= 15 is 0 Å². The summed E-state index contributed by atoms with van der Waals surface area (Å²) in [6, 6.07) is 85.3. The van der Waals surface area contributed by atoms with Gasteiger partial charge in [0, 0.05) is 11.1 Å². The largest absolute Gasteiger partial charge is 0.300 e. The van der Waals surface area contributed by atoms with Gasteiger partial charge in [0.2, 0.25) is 0 Å². The van der Waals surface area contributed by atoms with Gasteiger partial charge in [-0.05, 0) is 108 Å². The third-order valence-corrected chi connectivity index (χ3v) is 11.6. The number of fused-ring (bicyclic) bond motifs is 1. The molecule has 0 atom stereocenters. The van der Waals surface area contributed by atoms with Crippen LogP contribution in [0.1, 0.15) is 16.7 Å². The normalized spacial score (nSPS) is 11.4. The summed E-state index contributed by atoms with van der Waals surface area (Å²) < 4.78 is 0. The molecule has 1 N–H and O–H groups in total. The number of rotatable bonds is 10. The summed E-state index contributed by atoms with van der Waals surface area (Å²) >= 11 is 0. The van der Waals surface area contributed by atoms with Crippen molar-refractivity contribution >= 4 is 22.1 Å². The lowest BCUT2D eigenvalue weighted by atomic mass is 9.89. The van der Waals surface area contributed by atoms with Crippen LogP contribution in [0, 0.1) is 5.41 Å². The van der Waals surface area contributed by atoms with Gasteiger partial charge in [0.25, 0.3) is 0 Å². The molecule has 9 aromatic carbocycles. The first-order chi connectivity index (χ1) is 30.6. The summed E-state index contributed by atoms with van der Waals surface area (Å²) in [5, 5.41) is 11.4. The van der Waals surface area contributed by atoms with E-state index in [9.17, 15) is 0 Å². The fourth-order valence-corrected chi connectivity index (χ4v) is 8.27. The van der Waals surface area contributed by atoms with Gasteiger partial charge in [-0.1, -0.05) is 218 Å². The van der Waals surface area contributed by atoms with Crippen molar-refractivity contribution in [3.05, 3.63) is 265 Å². The average Bonchev–Trinajstić information content (AvgIpc) is 3.36. The van der Waals surface area contributed by atoms with Crippen molar-refractivity contribution in [3.63, 3.8) is 0 Å². The fraction of sp³-hybridized carbons (Fsp3) is 0. The molecule has 0 saturated carbocycles. The second-order valence-corrected chi connectivity index (χ2v) is 15.5. The van der Waals surface area contributed by atoms with Gasteiger partial charge in [-0.3, -0.25) is 0 Å². The number of hydrogen-bond acceptors (Lipinski definition) is 2. The lowest BCUT2D eigenvalue weighted by molar-refractivity contribution is 1.32. The van der Waals surface area contributed by atoms with Crippen LogP contribution >= 0.6 is 0 Å². The molecule has 62 heavy (non-hydrogen) atoms. The van der Waals surface area contributed by atoms with Gasteiger partial charge in [-0.2, -0.15) is 0 Å². The van der Waals surface area contributed by atoms with Gasteiger partial charge < -0.3 is 5.41 Å². The van der Waals surface area contributed by atoms with Crippen molar-refractivity contribution in [3.8, 4) is 67.0 Å². The third-order valence-electron chi connectivity index (χ3n) is 11.6. The summed E-state index contributed by atoms with van der Waals surface area (Å²) in [5.74, 6) is 0. The summed E-state index contributed by atoms with van der Waals surface area (Å²) in [5.41, 5.74) is 17.7. The highest BCUT2D eigenvalue weighted by atomic mass is 14.7. The lowest BCUT2D eigenvalue weighted by Crippen LogP contribution is -1.98. The van der Waals surface area contributed by atoms with Gasteiger partial charge >= 0.3 is 0 Å². The van der Waals surface area contributed by atoms with Crippen molar-refractivity contribution in [2.45, 2.75) is 0 Å². The van der Waals surface area contributed by atoms with E-state index in [0.29, 0.717) is 5.71 Å². The lowest BCUT2D eigenvalue weighted by Gasteiger charge is -2.15. The Morgan fingerprint density at radius 3 is 1.31 bits per heavy atom. The Labute approximate surface area is 363 Å². The van der Waals surface area contributed by atoms with E-state index in [-0.39, 0.29) is 0 Å². The molecule has 0 spiro atoms. The molecule has 10 aromatic rings. The number of benzene rings is 9. The SMILES string of the molecule is N=C(/C=C(/c1ccccc1)c1cccc2ccc(-c3cccc(-c4cc(-c5ccc(-c6ccccc6)cc5)nc(-c5ccc(-c6ccccc6)cc5)c4)c3)cc12)c1ccccc1. The molecule has 2 nitrogen and oxygen atoms in total. The van der Waals surface area contributed by atoms with E-state index in [2.05, 4.69) is 194 Å². The molecular formula is C60H42N2. The van der Waals surface area contributed by atoms with Crippen molar-refractivity contribution in [1.29, 1.82) is 5.41 Å². The molecule has 10 rings (SSSR count). The monoisotopic (exact) mass is 790 g/mol. The van der Waals surface area contributed by atoms with Crippen molar-refractivity contribution < 1.29 is 0 Å². The minimum atomic E-state index is 0.473. The van der Waals surface area contributed by atoms with Crippen LogP contribution in [0.3, 0.4) is 0 Å². The minimum Gasteiger partial charge on any atom is -0.300 e. The fourth-order valence-electron chi connectivity index (χ4n) is 8.27. The van der Waals surface area contributed by atoms with Crippen LogP contribution in [0.25, 0.3) is 83.4 Å². The number of nitrogens with one attached hydrogen (secondary N) is 1. The van der Waals surface area contributed by atoms with E-state index in [4.69, 9.17) is 10.4 Å². The average molecular weight is 791 g/mol. The molecule has 292 valence electrons. The molecule has 0 amide bonds. The van der Waals surface area contributed by atoms with Gasteiger partial charge in [-0.25, -0.2) is 4.98 Å². The summed E-state index contributed by atoms with van der Waals surface area (Å²) in [6.07, 6.45) is 2.01. The predicted octanol–water partition coefficient (Wildman–Crippen LogP) is 15.7. The smallest absolute Gasteiger partial charge is 0.0715 e. The van der Waals surface area contributed by atoms with Gasteiger partial charge in [0.05, 0.1) is 17.1 Å². The Morgan fingerprint density at radius 2 is 0.742 bits per heavy atom. The molecular weight excluding hydrogens is 749 g/mol. The summed E-state index contributed by atoms with van der Waals surface area (Å²) in [4.78, 5) is 5.29. The van der Waals surface area contributed by atoms with Gasteiger partial charge in [-0.15, -0.1) is 0 Å². The number of allylic oxidation sites excluding steroid dienone is 1. The van der Waals surface area contributed by atoms with E-state index in [1.165, 1.54) is 22.3 Å². The molecule has 0 saturated heterocycles. The Kier molecular flexibility index (Phi) is 10.5. The van der Waals surface area contributed by atoms with E-state index in [0.717, 1.165) is 77.8 Å². The molecule has 1 heterocycles. The first-order valence-electron chi connectivity index (χ1n) is 21.0. The maximum absolute atomic E-state index is 9.10. The Bertz CT molecular complexity index is 3090. The number of pyridine rings is 1. The van der Waals surface area contributed by atoms with Crippen LogP contribution in [0.5, 0.6) is 0 Å². The summed E-state index contributed by atoms with van der Waals surface area (Å²) in [7, 11) is 0. The second kappa shape index (κ2) is 17.2. The Morgan fingerprint density at radius 1 is 0.323 bits per heavy atom. The highest BCUT2D eigenvalue weighted by molar-refractivity contribution is 6.14. The first-order valence-corrected chi connectivity index (χ1v) is 21.0. The van der Waals surface area contributed by atoms with Gasteiger partial charge in [0.15, 0.2) is 0 Å². The standard InChI is InChI=1S/C60H42N2/c61-58(48-21-11-4-12-22-48)41-57(46-19-9-3-10-20-46)55-26-14-23-47-31-36-53(38-56(47)55)51-24-13-25-52(37-51)54-39-59(49-32-27-44(28-33-49)42-15-5-1-6-16-42)62-60(40-54)50-34-29-45(30-35-50)43-17-7-2-8-18-43/h1-41,61H/b57-41-,61-58?. The van der Waals surface area contributed by atoms with Crippen LogP contribution in [0.4, 0.5) is 0 Å². The van der Waals surface area contributed by atoms with Crippen LogP contribution in [-0.4, -0.2) is 10.7 Å². The van der Waals surface area contributed by atoms with Crippen molar-refractivity contribution in [1.82, 2.24) is 4.98 Å². The van der Waals surface area contributed by atoms with Crippen LogP contribution in [-0.2, 0) is 0 Å². The third kappa shape index (κ3) is 8.06. The zero-order chi connectivity index (χ0) is 41.7. The zero-order valence-electron chi connectivity index (χ0n) is 34.1. The molecule has 2 heteroatoms. The molecule has 0 aliphatic heterocycles. The van der Waals surface area contributed by atoms with Gasteiger partial charge in [0.1, 0.15) is 0 Å². The quantitative estimate of drug-likeness (QED) is 0.138. The van der Waals surface area contributed by atoms with Crippen LogP contribution in [0.2, 0.25) is 0 Å². The Balaban J connectivity index is 1.06. The maximum Gasteiger partial charge on any atom is 0.0715 e. The topological polar surface area (TPSA) is 36.7 Å². The van der Waals surface area contributed by atoms with E-state index < -0.39 is 0 Å². The zero-order valence-corrected chi connectivity index (χ0v) is 34.1. The molecule has 1 aromatic heterocycles. The molecule has 0 aliphatic carbocycles. The Hall–Kier alpha value is -8.20. The minimum absolute atomic E-state index is 0.473. The number of aromatic nitrogens is 1. The number of nitrogens with zero attached hydrogens (tertiary/aromatic N) is 1. The first kappa shape index (κ1) is 38.0. The molecule has 0 aliphatic rings. The van der Waals surface area contributed by atoms with Crippen molar-refractivity contribution in [2.24, 2.45) is 0 Å².